The van der Waals surface area contributed by atoms with Crippen molar-refractivity contribution in [3.63, 3.8) is 0 Å². The molecule has 0 aliphatic rings. The van der Waals surface area contributed by atoms with Crippen molar-refractivity contribution in [3.8, 4) is 0 Å². The van der Waals surface area contributed by atoms with Crippen LogP contribution in [0.5, 0.6) is 0 Å². The van der Waals surface area contributed by atoms with Gasteiger partial charge >= 0.3 is 11.9 Å². The van der Waals surface area contributed by atoms with Crippen LogP contribution in [0, 0.1) is 0 Å². The van der Waals surface area contributed by atoms with Crippen LogP contribution in [-0.4, -0.2) is 16.1 Å². The molecule has 0 bridgehead atoms. The van der Waals surface area contributed by atoms with Crippen LogP contribution in [0.25, 0.3) is 0 Å². The Bertz CT molecular complexity index is 316. The highest BCUT2D eigenvalue weighted by atomic mass is 19.3. The number of aliphatic carboxylic acids is 1. The summed E-state index contributed by atoms with van der Waals surface area (Å²) in [7, 11) is 0. The molecule has 72 valence electrons. The fourth-order valence-electron chi connectivity index (χ4n) is 0.745. The van der Waals surface area contributed by atoms with E-state index in [4.69, 9.17) is 5.11 Å². The molecule has 0 aromatic carbocycles. The Kier molecular flexibility index (Phi) is 2.31. The first-order valence-corrected chi connectivity index (χ1v) is 3.44. The van der Waals surface area contributed by atoms with Crippen molar-refractivity contribution in [1.82, 2.24) is 4.98 Å². The van der Waals surface area contributed by atoms with Crippen molar-refractivity contribution in [1.29, 1.82) is 0 Å². The molecular weight excluding hydrogens is 184 g/mol. The van der Waals surface area contributed by atoms with E-state index in [1.54, 1.807) is 0 Å². The molecular formula is C7H7F2NO3. The predicted molar refractivity (Wildman–Crippen MR) is 37.4 cm³/mol. The summed E-state index contributed by atoms with van der Waals surface area (Å²) in [5.74, 6) is -5.07. The molecule has 0 unspecified atom stereocenters. The molecule has 0 radical (unpaired) electrons. The molecule has 0 aliphatic carbocycles. The number of oxazole rings is 1. The SMILES string of the molecule is CC(F)(F)c1nc(CC(=O)O)co1. The fourth-order valence-corrected chi connectivity index (χ4v) is 0.745. The monoisotopic (exact) mass is 191 g/mol. The number of halogens is 2. The van der Waals surface area contributed by atoms with Crippen LogP contribution in [0.3, 0.4) is 0 Å². The summed E-state index contributed by atoms with van der Waals surface area (Å²) in [5.41, 5.74) is -0.0102. The van der Waals surface area contributed by atoms with Gasteiger partial charge in [0.2, 0.25) is 0 Å². The molecule has 0 fully saturated rings. The lowest BCUT2D eigenvalue weighted by molar-refractivity contribution is -0.136. The molecule has 4 nitrogen and oxygen atoms in total. The predicted octanol–water partition coefficient (Wildman–Crippen LogP) is 1.41. The third-order valence-corrected chi connectivity index (χ3v) is 1.26. The number of hydrogen-bond acceptors (Lipinski definition) is 3. The lowest BCUT2D eigenvalue weighted by Crippen LogP contribution is -2.08. The maximum Gasteiger partial charge on any atom is 0.319 e. The van der Waals surface area contributed by atoms with Gasteiger partial charge in [0, 0.05) is 6.92 Å². The van der Waals surface area contributed by atoms with Crippen LogP contribution in [0.1, 0.15) is 18.5 Å². The molecule has 1 heterocycles. The summed E-state index contributed by atoms with van der Waals surface area (Å²) < 4.78 is 29.4. The van der Waals surface area contributed by atoms with Gasteiger partial charge in [-0.15, -0.1) is 0 Å². The molecule has 0 saturated carbocycles. The van der Waals surface area contributed by atoms with Gasteiger partial charge in [-0.2, -0.15) is 8.78 Å². The van der Waals surface area contributed by atoms with Gasteiger partial charge < -0.3 is 9.52 Å². The largest absolute Gasteiger partial charge is 0.481 e. The number of carbonyl (C=O) groups is 1. The summed E-state index contributed by atoms with van der Waals surface area (Å²) in [4.78, 5) is 13.5. The second-order valence-electron chi connectivity index (χ2n) is 2.60. The topological polar surface area (TPSA) is 63.3 Å². The average Bonchev–Trinajstić information content (AvgIpc) is 2.32. The van der Waals surface area contributed by atoms with E-state index in [-0.39, 0.29) is 5.69 Å². The van der Waals surface area contributed by atoms with E-state index in [9.17, 15) is 13.6 Å². The molecule has 1 aromatic heterocycles. The first kappa shape index (κ1) is 9.63. The quantitative estimate of drug-likeness (QED) is 0.784. The Morgan fingerprint density at radius 3 is 2.77 bits per heavy atom. The molecule has 1 aromatic rings. The van der Waals surface area contributed by atoms with Crippen LogP contribution < -0.4 is 0 Å². The number of aromatic nitrogens is 1. The zero-order chi connectivity index (χ0) is 10.1. The number of alkyl halides is 2. The van der Waals surface area contributed by atoms with E-state index in [0.717, 1.165) is 6.26 Å². The Morgan fingerprint density at radius 1 is 1.77 bits per heavy atom. The molecule has 0 aliphatic heterocycles. The van der Waals surface area contributed by atoms with Crippen LogP contribution in [0.4, 0.5) is 8.78 Å². The van der Waals surface area contributed by atoms with E-state index in [1.165, 1.54) is 0 Å². The van der Waals surface area contributed by atoms with Crippen LogP contribution in [0.15, 0.2) is 10.7 Å². The van der Waals surface area contributed by atoms with E-state index < -0.39 is 24.2 Å². The van der Waals surface area contributed by atoms with Crippen molar-refractivity contribution in [2.45, 2.75) is 19.3 Å². The summed E-state index contributed by atoms with van der Waals surface area (Å²) in [6.07, 6.45) is 0.500. The maximum absolute atomic E-state index is 12.5. The van der Waals surface area contributed by atoms with Gasteiger partial charge in [0.1, 0.15) is 6.26 Å². The lowest BCUT2D eigenvalue weighted by Gasteiger charge is -2.02. The van der Waals surface area contributed by atoms with Crippen molar-refractivity contribution in [3.05, 3.63) is 17.8 Å². The third-order valence-electron chi connectivity index (χ3n) is 1.26. The minimum absolute atomic E-state index is 0.0102. The summed E-state index contributed by atoms with van der Waals surface area (Å²) in [6.45, 7) is 0.628. The number of nitrogens with zero attached hydrogens (tertiary/aromatic N) is 1. The van der Waals surface area contributed by atoms with Crippen molar-refractivity contribution >= 4 is 5.97 Å². The normalized spacial score (nSPS) is 11.6. The third kappa shape index (κ3) is 2.50. The molecule has 6 heteroatoms. The highest BCUT2D eigenvalue weighted by Gasteiger charge is 2.30. The highest BCUT2D eigenvalue weighted by molar-refractivity contribution is 5.69. The molecule has 0 atom stereocenters. The molecule has 1 N–H and O–H groups in total. The number of hydrogen-bond donors (Lipinski definition) is 1. The molecule has 1 rings (SSSR count). The Labute approximate surface area is 72.2 Å². The first-order chi connectivity index (χ1) is 5.89. The van der Waals surface area contributed by atoms with Gasteiger partial charge in [0.25, 0.3) is 5.89 Å². The summed E-state index contributed by atoms with van der Waals surface area (Å²) in [6, 6.07) is 0. The molecule has 0 spiro atoms. The van der Waals surface area contributed by atoms with Crippen molar-refractivity contribution < 1.29 is 23.1 Å². The maximum atomic E-state index is 12.5. The second-order valence-corrected chi connectivity index (χ2v) is 2.60. The Balaban J connectivity index is 2.81. The lowest BCUT2D eigenvalue weighted by atomic mass is 10.3. The first-order valence-electron chi connectivity index (χ1n) is 3.44. The minimum atomic E-state index is -3.17. The standard InChI is InChI=1S/C7H7F2NO3/c1-7(8,9)6-10-4(3-13-6)2-5(11)12/h3H,2H2,1H3,(H,11,12). The Hall–Kier alpha value is -1.46. The number of carboxylic acids is 1. The van der Waals surface area contributed by atoms with Crippen LogP contribution >= 0.6 is 0 Å². The zero-order valence-corrected chi connectivity index (χ0v) is 6.75. The zero-order valence-electron chi connectivity index (χ0n) is 6.75. The van der Waals surface area contributed by atoms with Gasteiger partial charge in [0.15, 0.2) is 0 Å². The van der Waals surface area contributed by atoms with Gasteiger partial charge in [0.05, 0.1) is 12.1 Å². The van der Waals surface area contributed by atoms with E-state index >= 15 is 0 Å². The number of rotatable bonds is 3. The van der Waals surface area contributed by atoms with Gasteiger partial charge in [-0.05, 0) is 0 Å². The molecule has 0 amide bonds. The highest BCUT2D eigenvalue weighted by Crippen LogP contribution is 2.25. The number of carboxylic acid groups (broad SMARTS) is 1. The van der Waals surface area contributed by atoms with Gasteiger partial charge in [-0.1, -0.05) is 0 Å². The van der Waals surface area contributed by atoms with Gasteiger partial charge in [-0.25, -0.2) is 4.98 Å². The van der Waals surface area contributed by atoms with Crippen molar-refractivity contribution in [2.75, 3.05) is 0 Å². The van der Waals surface area contributed by atoms with E-state index in [1.807, 2.05) is 0 Å². The van der Waals surface area contributed by atoms with Gasteiger partial charge in [-0.3, -0.25) is 4.79 Å². The van der Waals surface area contributed by atoms with Crippen LogP contribution in [-0.2, 0) is 17.1 Å². The van der Waals surface area contributed by atoms with Crippen LogP contribution in [0.2, 0.25) is 0 Å². The summed E-state index contributed by atoms with van der Waals surface area (Å²) in [5, 5.41) is 8.31. The van der Waals surface area contributed by atoms with Crippen molar-refractivity contribution in [2.24, 2.45) is 0 Å². The minimum Gasteiger partial charge on any atom is -0.481 e. The molecule has 0 saturated heterocycles. The molecule has 13 heavy (non-hydrogen) atoms. The van der Waals surface area contributed by atoms with E-state index in [0.29, 0.717) is 6.92 Å². The summed E-state index contributed by atoms with van der Waals surface area (Å²) >= 11 is 0. The van der Waals surface area contributed by atoms with E-state index in [2.05, 4.69) is 9.40 Å². The Morgan fingerprint density at radius 2 is 2.38 bits per heavy atom. The fraction of sp³-hybridized carbons (Fsp3) is 0.429. The average molecular weight is 191 g/mol. The second kappa shape index (κ2) is 3.12. The smallest absolute Gasteiger partial charge is 0.319 e.